The van der Waals surface area contributed by atoms with Crippen molar-refractivity contribution >= 4 is 11.4 Å². The van der Waals surface area contributed by atoms with Gasteiger partial charge in [-0.3, -0.25) is 0 Å². The second kappa shape index (κ2) is 10.6. The van der Waals surface area contributed by atoms with E-state index in [1.165, 1.54) is 55.3 Å². The molecule has 1 atom stereocenters. The van der Waals surface area contributed by atoms with Crippen LogP contribution in [0.1, 0.15) is 75.2 Å². The first kappa shape index (κ1) is 20.9. The molecule has 0 radical (unpaired) electrons. The highest BCUT2D eigenvalue weighted by Gasteiger charge is 2.22. The summed E-state index contributed by atoms with van der Waals surface area (Å²) in [4.78, 5) is 2.47. The SMILES string of the molecule is CCCCCN(CCCCC)CC(O)c1cccc2c1Cc1ccccc1N2. The van der Waals surface area contributed by atoms with E-state index in [2.05, 4.69) is 66.5 Å². The fourth-order valence-corrected chi connectivity index (χ4v) is 4.17. The van der Waals surface area contributed by atoms with E-state index in [1.807, 2.05) is 0 Å². The van der Waals surface area contributed by atoms with Crippen molar-refractivity contribution in [3.63, 3.8) is 0 Å². The molecule has 0 saturated heterocycles. The lowest BCUT2D eigenvalue weighted by molar-refractivity contribution is 0.110. The average Bonchev–Trinajstić information content (AvgIpc) is 2.72. The van der Waals surface area contributed by atoms with Gasteiger partial charge in [-0.15, -0.1) is 0 Å². The Morgan fingerprint density at radius 2 is 1.57 bits per heavy atom. The van der Waals surface area contributed by atoms with E-state index in [4.69, 9.17) is 0 Å². The smallest absolute Gasteiger partial charge is 0.0920 e. The molecule has 0 saturated carbocycles. The van der Waals surface area contributed by atoms with Crippen LogP contribution in [0.25, 0.3) is 0 Å². The highest BCUT2D eigenvalue weighted by molar-refractivity contribution is 5.72. The van der Waals surface area contributed by atoms with E-state index in [1.54, 1.807) is 0 Å². The van der Waals surface area contributed by atoms with Crippen LogP contribution >= 0.6 is 0 Å². The summed E-state index contributed by atoms with van der Waals surface area (Å²) in [7, 11) is 0. The molecule has 1 unspecified atom stereocenters. The van der Waals surface area contributed by atoms with Gasteiger partial charge in [-0.2, -0.15) is 0 Å². The quantitative estimate of drug-likeness (QED) is 0.397. The molecule has 0 spiro atoms. The van der Waals surface area contributed by atoms with Crippen molar-refractivity contribution in [2.24, 2.45) is 0 Å². The number of hydrogen-bond donors (Lipinski definition) is 2. The average molecular weight is 381 g/mol. The molecule has 2 aromatic carbocycles. The third-order valence-electron chi connectivity index (χ3n) is 5.81. The third-order valence-corrected chi connectivity index (χ3v) is 5.81. The summed E-state index contributed by atoms with van der Waals surface area (Å²) < 4.78 is 0. The molecule has 2 N–H and O–H groups in total. The van der Waals surface area contributed by atoms with E-state index in [0.29, 0.717) is 0 Å². The number of aliphatic hydroxyl groups is 1. The monoisotopic (exact) mass is 380 g/mol. The van der Waals surface area contributed by atoms with E-state index < -0.39 is 6.10 Å². The molecule has 0 aromatic heterocycles. The first-order valence-corrected chi connectivity index (χ1v) is 11.1. The molecule has 0 aliphatic carbocycles. The number of nitrogens with zero attached hydrogens (tertiary/aromatic N) is 1. The largest absolute Gasteiger partial charge is 0.387 e. The second-order valence-corrected chi connectivity index (χ2v) is 8.06. The summed E-state index contributed by atoms with van der Waals surface area (Å²) in [6, 6.07) is 14.8. The van der Waals surface area contributed by atoms with Crippen molar-refractivity contribution in [2.75, 3.05) is 25.0 Å². The number of benzene rings is 2. The fourth-order valence-electron chi connectivity index (χ4n) is 4.17. The van der Waals surface area contributed by atoms with E-state index in [9.17, 15) is 5.11 Å². The first-order chi connectivity index (χ1) is 13.7. The molecule has 2 aromatic rings. The maximum absolute atomic E-state index is 11.1. The molecule has 0 amide bonds. The molecule has 0 fully saturated rings. The van der Waals surface area contributed by atoms with E-state index in [0.717, 1.165) is 37.3 Å². The van der Waals surface area contributed by atoms with Crippen LogP contribution in [0.15, 0.2) is 42.5 Å². The van der Waals surface area contributed by atoms with Crippen LogP contribution in [0.4, 0.5) is 11.4 Å². The highest BCUT2D eigenvalue weighted by Crippen LogP contribution is 2.36. The van der Waals surface area contributed by atoms with Crippen LogP contribution in [-0.4, -0.2) is 29.6 Å². The Morgan fingerprint density at radius 1 is 0.893 bits per heavy atom. The van der Waals surface area contributed by atoms with Crippen molar-refractivity contribution < 1.29 is 5.11 Å². The lowest BCUT2D eigenvalue weighted by Gasteiger charge is -2.29. The lowest BCUT2D eigenvalue weighted by atomic mass is 9.91. The summed E-state index contributed by atoms with van der Waals surface area (Å²) in [5.41, 5.74) is 5.95. The number of para-hydroxylation sites is 1. The van der Waals surface area contributed by atoms with Crippen LogP contribution in [0.2, 0.25) is 0 Å². The van der Waals surface area contributed by atoms with Crippen LogP contribution in [0, 0.1) is 0 Å². The third kappa shape index (κ3) is 5.36. The number of rotatable bonds is 11. The van der Waals surface area contributed by atoms with Gasteiger partial charge in [0.25, 0.3) is 0 Å². The molecule has 1 aliphatic heterocycles. The van der Waals surface area contributed by atoms with Gasteiger partial charge in [-0.25, -0.2) is 0 Å². The molecule has 28 heavy (non-hydrogen) atoms. The van der Waals surface area contributed by atoms with Gasteiger partial charge >= 0.3 is 0 Å². The van der Waals surface area contributed by atoms with Crippen LogP contribution < -0.4 is 5.32 Å². The predicted molar refractivity (Wildman–Crippen MR) is 119 cm³/mol. The maximum atomic E-state index is 11.1. The van der Waals surface area contributed by atoms with Gasteiger partial charge in [0.05, 0.1) is 6.10 Å². The normalized spacial score (nSPS) is 13.7. The molecule has 3 rings (SSSR count). The molecule has 152 valence electrons. The Hall–Kier alpha value is -1.84. The lowest BCUT2D eigenvalue weighted by Crippen LogP contribution is -2.31. The standard InChI is InChI=1S/C25H36N2O/c1-3-5-9-16-27(17-10-6-4-2)19-25(28)21-13-11-15-24-22(21)18-20-12-7-8-14-23(20)26-24/h7-8,11-15,25-26,28H,3-6,9-10,16-19H2,1-2H3. The van der Waals surface area contributed by atoms with Crippen molar-refractivity contribution in [1.82, 2.24) is 4.90 Å². The fraction of sp³-hybridized carbons (Fsp3) is 0.520. The Labute approximate surface area is 170 Å². The zero-order valence-corrected chi connectivity index (χ0v) is 17.6. The van der Waals surface area contributed by atoms with Gasteiger partial charge in [0.2, 0.25) is 0 Å². The molecule has 3 nitrogen and oxygen atoms in total. The van der Waals surface area contributed by atoms with Gasteiger partial charge in [0.1, 0.15) is 0 Å². The zero-order chi connectivity index (χ0) is 19.8. The van der Waals surface area contributed by atoms with Crippen LogP contribution in [-0.2, 0) is 6.42 Å². The zero-order valence-electron chi connectivity index (χ0n) is 17.6. The minimum Gasteiger partial charge on any atom is -0.387 e. The second-order valence-electron chi connectivity index (χ2n) is 8.06. The maximum Gasteiger partial charge on any atom is 0.0920 e. The number of anilines is 2. The van der Waals surface area contributed by atoms with Gasteiger partial charge in [-0.1, -0.05) is 69.9 Å². The molecular formula is C25H36N2O. The van der Waals surface area contributed by atoms with Crippen molar-refractivity contribution in [3.05, 3.63) is 59.2 Å². The van der Waals surface area contributed by atoms with E-state index in [-0.39, 0.29) is 0 Å². The highest BCUT2D eigenvalue weighted by atomic mass is 16.3. The van der Waals surface area contributed by atoms with Crippen molar-refractivity contribution in [3.8, 4) is 0 Å². The van der Waals surface area contributed by atoms with Gasteiger partial charge < -0.3 is 15.3 Å². The number of unbranched alkanes of at least 4 members (excludes halogenated alkanes) is 4. The minimum atomic E-state index is -0.440. The minimum absolute atomic E-state index is 0.440. The Kier molecular flexibility index (Phi) is 7.93. The number of hydrogen-bond acceptors (Lipinski definition) is 3. The molecule has 1 heterocycles. The Balaban J connectivity index is 1.71. The van der Waals surface area contributed by atoms with Crippen molar-refractivity contribution in [1.29, 1.82) is 0 Å². The number of aliphatic hydroxyl groups excluding tert-OH is 1. The summed E-state index contributed by atoms with van der Waals surface area (Å²) in [5.74, 6) is 0. The van der Waals surface area contributed by atoms with E-state index >= 15 is 0 Å². The van der Waals surface area contributed by atoms with Crippen LogP contribution in [0.5, 0.6) is 0 Å². The predicted octanol–water partition coefficient (Wildman–Crippen LogP) is 6.05. The summed E-state index contributed by atoms with van der Waals surface area (Å²) >= 11 is 0. The summed E-state index contributed by atoms with van der Waals surface area (Å²) in [5, 5.41) is 14.7. The van der Waals surface area contributed by atoms with Gasteiger partial charge in [-0.05, 0) is 54.8 Å². The Morgan fingerprint density at radius 3 is 2.29 bits per heavy atom. The molecule has 0 bridgehead atoms. The Bertz CT molecular complexity index is 733. The van der Waals surface area contributed by atoms with Gasteiger partial charge in [0.15, 0.2) is 0 Å². The molecule has 1 aliphatic rings. The molecule has 3 heteroatoms. The number of nitrogens with one attached hydrogen (secondary N) is 1. The van der Waals surface area contributed by atoms with Gasteiger partial charge in [0, 0.05) is 24.3 Å². The summed E-state index contributed by atoms with van der Waals surface area (Å²) in [6.07, 6.45) is 7.89. The number of fused-ring (bicyclic) bond motifs is 2. The topological polar surface area (TPSA) is 35.5 Å². The summed E-state index contributed by atoms with van der Waals surface area (Å²) in [6.45, 7) is 7.40. The van der Waals surface area contributed by atoms with Crippen LogP contribution in [0.3, 0.4) is 0 Å². The van der Waals surface area contributed by atoms with Crippen molar-refractivity contribution in [2.45, 2.75) is 64.9 Å². The first-order valence-electron chi connectivity index (χ1n) is 11.1. The molecular weight excluding hydrogens is 344 g/mol.